The maximum atomic E-state index is 6.35. The molecule has 20 heavy (non-hydrogen) atoms. The van der Waals surface area contributed by atoms with Gasteiger partial charge in [0.15, 0.2) is 0 Å². The molecule has 0 radical (unpaired) electrons. The van der Waals surface area contributed by atoms with Gasteiger partial charge in [0.1, 0.15) is 12.4 Å². The first kappa shape index (κ1) is 15.6. The molecule has 3 nitrogen and oxygen atoms in total. The Morgan fingerprint density at radius 1 is 1.50 bits per heavy atom. The van der Waals surface area contributed by atoms with Crippen molar-refractivity contribution < 1.29 is 9.47 Å². The summed E-state index contributed by atoms with van der Waals surface area (Å²) in [6.45, 7) is 6.75. The van der Waals surface area contributed by atoms with E-state index in [1.54, 1.807) is 0 Å². The zero-order valence-electron chi connectivity index (χ0n) is 12.3. The molecular weight excluding hydrogens is 274 g/mol. The van der Waals surface area contributed by atoms with Crippen LogP contribution in [0.5, 0.6) is 5.75 Å². The Labute approximate surface area is 126 Å². The molecule has 2 atom stereocenters. The number of hydrogen-bond donors (Lipinski definition) is 1. The Morgan fingerprint density at radius 2 is 2.35 bits per heavy atom. The number of ether oxygens (including phenoxy) is 2. The van der Waals surface area contributed by atoms with Gasteiger partial charge in [0.05, 0.1) is 6.10 Å². The quantitative estimate of drug-likeness (QED) is 0.826. The second-order valence-electron chi connectivity index (χ2n) is 5.31. The van der Waals surface area contributed by atoms with Crippen LogP contribution in [-0.2, 0) is 4.74 Å². The van der Waals surface area contributed by atoms with Gasteiger partial charge in [-0.05, 0) is 50.4 Å². The van der Waals surface area contributed by atoms with Gasteiger partial charge in [-0.25, -0.2) is 0 Å². The molecule has 0 spiro atoms. The first-order valence-electron chi connectivity index (χ1n) is 7.48. The van der Waals surface area contributed by atoms with Crippen molar-refractivity contribution in [3.05, 3.63) is 28.8 Å². The second-order valence-corrected chi connectivity index (χ2v) is 5.71. The summed E-state index contributed by atoms with van der Waals surface area (Å²) >= 11 is 6.35. The number of hydrogen-bond acceptors (Lipinski definition) is 3. The maximum Gasteiger partial charge on any atom is 0.120 e. The van der Waals surface area contributed by atoms with Crippen molar-refractivity contribution in [2.45, 2.75) is 45.3 Å². The summed E-state index contributed by atoms with van der Waals surface area (Å²) < 4.78 is 11.3. The fraction of sp³-hybridized carbons (Fsp3) is 0.625. The smallest absolute Gasteiger partial charge is 0.120 e. The van der Waals surface area contributed by atoms with E-state index in [9.17, 15) is 0 Å². The van der Waals surface area contributed by atoms with E-state index >= 15 is 0 Å². The Bertz CT molecular complexity index is 419. The first-order valence-corrected chi connectivity index (χ1v) is 7.85. The summed E-state index contributed by atoms with van der Waals surface area (Å²) in [7, 11) is 0. The fourth-order valence-corrected chi connectivity index (χ4v) is 2.72. The van der Waals surface area contributed by atoms with Crippen LogP contribution in [0.15, 0.2) is 18.2 Å². The molecule has 1 aromatic carbocycles. The minimum Gasteiger partial charge on any atom is -0.491 e. The topological polar surface area (TPSA) is 30.5 Å². The Balaban J connectivity index is 1.90. The summed E-state index contributed by atoms with van der Waals surface area (Å²) in [6, 6.07) is 6.19. The van der Waals surface area contributed by atoms with E-state index in [0.29, 0.717) is 6.61 Å². The highest BCUT2D eigenvalue weighted by Gasteiger charge is 2.16. The highest BCUT2D eigenvalue weighted by Crippen LogP contribution is 2.27. The summed E-state index contributed by atoms with van der Waals surface area (Å²) in [5.41, 5.74) is 1.12. The van der Waals surface area contributed by atoms with Crippen LogP contribution in [0.1, 0.15) is 44.7 Å². The summed E-state index contributed by atoms with van der Waals surface area (Å²) in [5.74, 6) is 0.817. The van der Waals surface area contributed by atoms with Crippen LogP contribution in [0.3, 0.4) is 0 Å². The number of rotatable bonds is 7. The molecule has 4 heteroatoms. The molecule has 1 heterocycles. The molecular formula is C16H24ClNO2. The monoisotopic (exact) mass is 297 g/mol. The van der Waals surface area contributed by atoms with Crippen LogP contribution in [0.25, 0.3) is 0 Å². The van der Waals surface area contributed by atoms with Crippen LogP contribution < -0.4 is 10.1 Å². The molecule has 2 unspecified atom stereocenters. The molecule has 112 valence electrons. The molecule has 0 bridgehead atoms. The molecule has 1 aliphatic rings. The van der Waals surface area contributed by atoms with Crippen molar-refractivity contribution in [3.63, 3.8) is 0 Å². The normalized spacial score (nSPS) is 20.1. The summed E-state index contributed by atoms with van der Waals surface area (Å²) in [4.78, 5) is 0. The molecule has 2 rings (SSSR count). The lowest BCUT2D eigenvalue weighted by Gasteiger charge is -2.17. The van der Waals surface area contributed by atoms with Gasteiger partial charge in [-0.3, -0.25) is 0 Å². The maximum absolute atomic E-state index is 6.35. The van der Waals surface area contributed by atoms with Gasteiger partial charge in [-0.2, -0.15) is 0 Å². The highest BCUT2D eigenvalue weighted by molar-refractivity contribution is 6.31. The Kier molecular flexibility index (Phi) is 6.14. The first-order chi connectivity index (χ1) is 9.70. The van der Waals surface area contributed by atoms with Crippen LogP contribution in [0.4, 0.5) is 0 Å². The van der Waals surface area contributed by atoms with Crippen molar-refractivity contribution in [2.24, 2.45) is 0 Å². The average Bonchev–Trinajstić information content (AvgIpc) is 2.96. The molecule has 0 saturated carbocycles. The van der Waals surface area contributed by atoms with Crippen LogP contribution in [0, 0.1) is 0 Å². The minimum absolute atomic E-state index is 0.235. The highest BCUT2D eigenvalue weighted by atomic mass is 35.5. The minimum atomic E-state index is 0.235. The van der Waals surface area contributed by atoms with Gasteiger partial charge in [-0.15, -0.1) is 0 Å². The SMILES string of the molecule is CCCNC(C)c1ccc(OCC2CCCO2)cc1Cl. The number of halogens is 1. The van der Waals surface area contributed by atoms with Crippen molar-refractivity contribution >= 4 is 11.6 Å². The van der Waals surface area contributed by atoms with E-state index in [4.69, 9.17) is 21.1 Å². The number of benzene rings is 1. The van der Waals surface area contributed by atoms with E-state index in [0.717, 1.165) is 48.7 Å². The summed E-state index contributed by atoms with van der Waals surface area (Å²) in [5, 5.41) is 4.20. The van der Waals surface area contributed by atoms with E-state index in [2.05, 4.69) is 19.2 Å². The largest absolute Gasteiger partial charge is 0.491 e. The van der Waals surface area contributed by atoms with Gasteiger partial charge in [0, 0.05) is 17.7 Å². The standard InChI is InChI=1S/C16H24ClNO2/c1-3-8-18-12(2)15-7-6-13(10-16(15)17)20-11-14-5-4-9-19-14/h6-7,10,12,14,18H,3-5,8-9,11H2,1-2H3. The number of nitrogens with one attached hydrogen (secondary N) is 1. The van der Waals surface area contributed by atoms with E-state index in [-0.39, 0.29) is 12.1 Å². The molecule has 1 saturated heterocycles. The third-order valence-electron chi connectivity index (χ3n) is 3.60. The zero-order valence-corrected chi connectivity index (χ0v) is 13.1. The second kappa shape index (κ2) is 7.87. The molecule has 1 aromatic rings. The summed E-state index contributed by atoms with van der Waals surface area (Å²) in [6.07, 6.45) is 3.57. The average molecular weight is 298 g/mol. The molecule has 0 aliphatic carbocycles. The predicted molar refractivity (Wildman–Crippen MR) is 82.6 cm³/mol. The van der Waals surface area contributed by atoms with Gasteiger partial charge < -0.3 is 14.8 Å². The molecule has 1 N–H and O–H groups in total. The third-order valence-corrected chi connectivity index (χ3v) is 3.93. The zero-order chi connectivity index (χ0) is 14.4. The van der Waals surface area contributed by atoms with E-state index in [1.807, 2.05) is 18.2 Å². The van der Waals surface area contributed by atoms with Crippen LogP contribution in [-0.4, -0.2) is 25.9 Å². The van der Waals surface area contributed by atoms with Crippen LogP contribution >= 0.6 is 11.6 Å². The van der Waals surface area contributed by atoms with E-state index in [1.165, 1.54) is 0 Å². The predicted octanol–water partition coefficient (Wildman–Crippen LogP) is 3.96. The lowest BCUT2D eigenvalue weighted by molar-refractivity contribution is 0.0679. The van der Waals surface area contributed by atoms with E-state index < -0.39 is 0 Å². The molecule has 1 aliphatic heterocycles. The fourth-order valence-electron chi connectivity index (χ4n) is 2.38. The van der Waals surface area contributed by atoms with Crippen molar-refractivity contribution in [2.75, 3.05) is 19.8 Å². The lowest BCUT2D eigenvalue weighted by Crippen LogP contribution is -2.19. The van der Waals surface area contributed by atoms with Crippen molar-refractivity contribution in [1.29, 1.82) is 0 Å². The van der Waals surface area contributed by atoms with Crippen LogP contribution in [0.2, 0.25) is 5.02 Å². The van der Waals surface area contributed by atoms with Gasteiger partial charge in [-0.1, -0.05) is 24.6 Å². The van der Waals surface area contributed by atoms with Gasteiger partial charge in [0.25, 0.3) is 0 Å². The van der Waals surface area contributed by atoms with Crippen molar-refractivity contribution in [3.8, 4) is 5.75 Å². The van der Waals surface area contributed by atoms with Gasteiger partial charge >= 0.3 is 0 Å². The third kappa shape index (κ3) is 4.37. The molecule has 1 fully saturated rings. The molecule has 0 amide bonds. The Morgan fingerprint density at radius 3 is 3.00 bits per heavy atom. The molecule has 0 aromatic heterocycles. The Hall–Kier alpha value is -0.770. The van der Waals surface area contributed by atoms with Crippen molar-refractivity contribution in [1.82, 2.24) is 5.32 Å². The lowest BCUT2D eigenvalue weighted by atomic mass is 10.1. The van der Waals surface area contributed by atoms with Gasteiger partial charge in [0.2, 0.25) is 0 Å².